The van der Waals surface area contributed by atoms with E-state index in [1.54, 1.807) is 25.1 Å². The van der Waals surface area contributed by atoms with E-state index in [2.05, 4.69) is 13.8 Å². The zero-order valence-electron chi connectivity index (χ0n) is 8.82. The summed E-state index contributed by atoms with van der Waals surface area (Å²) in [6.45, 7) is 5.77. The molecular weight excluding hydrogens is 196 g/mol. The van der Waals surface area contributed by atoms with Crippen LogP contribution in [0.25, 0.3) is 0 Å². The van der Waals surface area contributed by atoms with E-state index in [0.29, 0.717) is 10.8 Å². The minimum atomic E-state index is -3.05. The van der Waals surface area contributed by atoms with Gasteiger partial charge in [0.25, 0.3) is 0 Å². The summed E-state index contributed by atoms with van der Waals surface area (Å²) in [4.78, 5) is 0.436. The number of hydrogen-bond donors (Lipinski definition) is 0. The molecule has 0 amide bonds. The molecule has 2 nitrogen and oxygen atoms in total. The molecule has 0 N–H and O–H groups in total. The third-order valence-corrected chi connectivity index (χ3v) is 4.00. The number of hydrogen-bond acceptors (Lipinski definition) is 2. The molecule has 0 saturated carbocycles. The van der Waals surface area contributed by atoms with Crippen LogP contribution in [0.5, 0.6) is 0 Å². The van der Waals surface area contributed by atoms with Crippen LogP contribution in [0.3, 0.4) is 0 Å². The minimum Gasteiger partial charge on any atom is -0.224 e. The van der Waals surface area contributed by atoms with Gasteiger partial charge in [-0.05, 0) is 23.6 Å². The standard InChI is InChI=1S/C11H16O2S/c1-4-14(12,13)11-7-5-6-10(8-11)9(2)3/h5-9H,4H2,1-3H3. The van der Waals surface area contributed by atoms with Crippen molar-refractivity contribution in [1.82, 2.24) is 0 Å². The first-order valence-corrected chi connectivity index (χ1v) is 6.45. The van der Waals surface area contributed by atoms with E-state index in [0.717, 1.165) is 5.56 Å². The van der Waals surface area contributed by atoms with E-state index >= 15 is 0 Å². The van der Waals surface area contributed by atoms with Gasteiger partial charge in [0.1, 0.15) is 0 Å². The average molecular weight is 212 g/mol. The molecule has 0 aromatic heterocycles. The van der Waals surface area contributed by atoms with Crippen LogP contribution in [0.2, 0.25) is 0 Å². The summed E-state index contributed by atoms with van der Waals surface area (Å²) >= 11 is 0. The molecule has 1 aromatic rings. The Morgan fingerprint density at radius 1 is 1.29 bits per heavy atom. The van der Waals surface area contributed by atoms with Crippen molar-refractivity contribution < 1.29 is 8.42 Å². The zero-order chi connectivity index (χ0) is 10.8. The summed E-state index contributed by atoms with van der Waals surface area (Å²) in [5.74, 6) is 0.524. The summed E-state index contributed by atoms with van der Waals surface area (Å²) < 4.78 is 23.2. The van der Waals surface area contributed by atoms with Crippen molar-refractivity contribution in [3.63, 3.8) is 0 Å². The Balaban J connectivity index is 3.19. The van der Waals surface area contributed by atoms with Crippen molar-refractivity contribution in [2.45, 2.75) is 31.6 Å². The highest BCUT2D eigenvalue weighted by atomic mass is 32.2. The van der Waals surface area contributed by atoms with E-state index in [4.69, 9.17) is 0 Å². The maximum atomic E-state index is 11.6. The monoisotopic (exact) mass is 212 g/mol. The van der Waals surface area contributed by atoms with Gasteiger partial charge in [-0.3, -0.25) is 0 Å². The molecule has 78 valence electrons. The van der Waals surface area contributed by atoms with E-state index in [1.807, 2.05) is 6.07 Å². The number of rotatable bonds is 3. The Labute approximate surface area is 85.9 Å². The van der Waals surface area contributed by atoms with Gasteiger partial charge >= 0.3 is 0 Å². The molecule has 0 atom stereocenters. The molecule has 0 saturated heterocycles. The molecule has 0 heterocycles. The van der Waals surface area contributed by atoms with Crippen molar-refractivity contribution in [2.75, 3.05) is 5.75 Å². The van der Waals surface area contributed by atoms with E-state index in [-0.39, 0.29) is 5.75 Å². The van der Waals surface area contributed by atoms with Crippen molar-refractivity contribution in [1.29, 1.82) is 0 Å². The van der Waals surface area contributed by atoms with Crippen LogP contribution in [-0.4, -0.2) is 14.2 Å². The fraction of sp³-hybridized carbons (Fsp3) is 0.455. The van der Waals surface area contributed by atoms with Gasteiger partial charge in [0.2, 0.25) is 0 Å². The third kappa shape index (κ3) is 2.35. The lowest BCUT2D eigenvalue weighted by atomic mass is 10.0. The van der Waals surface area contributed by atoms with Gasteiger partial charge in [-0.1, -0.05) is 32.9 Å². The number of sulfone groups is 1. The molecular formula is C11H16O2S. The first-order chi connectivity index (χ1) is 6.47. The summed E-state index contributed by atoms with van der Waals surface area (Å²) in [5.41, 5.74) is 1.07. The Hall–Kier alpha value is -0.830. The fourth-order valence-electron chi connectivity index (χ4n) is 1.23. The highest BCUT2D eigenvalue weighted by Gasteiger charge is 2.12. The summed E-state index contributed by atoms with van der Waals surface area (Å²) in [6, 6.07) is 7.19. The van der Waals surface area contributed by atoms with Gasteiger partial charge in [0.05, 0.1) is 10.6 Å². The lowest BCUT2D eigenvalue weighted by Gasteiger charge is -2.07. The molecule has 3 heteroatoms. The number of benzene rings is 1. The van der Waals surface area contributed by atoms with Crippen molar-refractivity contribution >= 4 is 9.84 Å². The fourth-order valence-corrected chi connectivity index (χ4v) is 2.17. The van der Waals surface area contributed by atoms with Crippen LogP contribution >= 0.6 is 0 Å². The van der Waals surface area contributed by atoms with Crippen LogP contribution in [0, 0.1) is 0 Å². The van der Waals surface area contributed by atoms with Crippen LogP contribution in [0.15, 0.2) is 29.2 Å². The first-order valence-electron chi connectivity index (χ1n) is 4.80. The van der Waals surface area contributed by atoms with Gasteiger partial charge in [-0.2, -0.15) is 0 Å². The average Bonchev–Trinajstić information content (AvgIpc) is 2.18. The highest BCUT2D eigenvalue weighted by Crippen LogP contribution is 2.19. The molecule has 1 aromatic carbocycles. The largest absolute Gasteiger partial charge is 0.224 e. The SMILES string of the molecule is CCS(=O)(=O)c1cccc(C(C)C)c1. The highest BCUT2D eigenvalue weighted by molar-refractivity contribution is 7.91. The van der Waals surface area contributed by atoms with E-state index in [9.17, 15) is 8.42 Å². The summed E-state index contributed by atoms with van der Waals surface area (Å²) in [5, 5.41) is 0. The Bertz CT molecular complexity index is 405. The second-order valence-corrected chi connectivity index (χ2v) is 5.91. The van der Waals surface area contributed by atoms with E-state index < -0.39 is 9.84 Å². The second-order valence-electron chi connectivity index (χ2n) is 3.63. The van der Waals surface area contributed by atoms with Gasteiger partial charge in [0, 0.05) is 0 Å². The van der Waals surface area contributed by atoms with Crippen molar-refractivity contribution in [2.24, 2.45) is 0 Å². The molecule has 0 spiro atoms. The topological polar surface area (TPSA) is 34.1 Å². The normalized spacial score (nSPS) is 12.0. The smallest absolute Gasteiger partial charge is 0.178 e. The van der Waals surface area contributed by atoms with E-state index in [1.165, 1.54) is 0 Å². The van der Waals surface area contributed by atoms with Crippen molar-refractivity contribution in [3.05, 3.63) is 29.8 Å². The van der Waals surface area contributed by atoms with Crippen LogP contribution in [0.4, 0.5) is 0 Å². The van der Waals surface area contributed by atoms with Crippen molar-refractivity contribution in [3.8, 4) is 0 Å². The molecule has 0 fully saturated rings. The van der Waals surface area contributed by atoms with Crippen LogP contribution in [0.1, 0.15) is 32.3 Å². The van der Waals surface area contributed by atoms with Gasteiger partial charge in [-0.25, -0.2) is 8.42 Å². The quantitative estimate of drug-likeness (QED) is 0.771. The Morgan fingerprint density at radius 2 is 1.93 bits per heavy atom. The molecule has 0 aliphatic heterocycles. The molecule has 0 unspecified atom stereocenters. The van der Waals surface area contributed by atoms with Gasteiger partial charge in [0.15, 0.2) is 9.84 Å². The predicted octanol–water partition coefficient (Wildman–Crippen LogP) is 2.60. The van der Waals surface area contributed by atoms with Gasteiger partial charge < -0.3 is 0 Å². The molecule has 14 heavy (non-hydrogen) atoms. The molecule has 0 aliphatic rings. The van der Waals surface area contributed by atoms with Crippen LogP contribution < -0.4 is 0 Å². The Kier molecular flexibility index (Phi) is 3.32. The molecule has 1 rings (SSSR count). The maximum Gasteiger partial charge on any atom is 0.178 e. The summed E-state index contributed by atoms with van der Waals surface area (Å²) in [7, 11) is -3.05. The molecule has 0 bridgehead atoms. The third-order valence-electron chi connectivity index (χ3n) is 2.26. The predicted molar refractivity (Wildman–Crippen MR) is 58.3 cm³/mol. The van der Waals surface area contributed by atoms with Gasteiger partial charge in [-0.15, -0.1) is 0 Å². The zero-order valence-corrected chi connectivity index (χ0v) is 9.64. The Morgan fingerprint density at radius 3 is 2.43 bits per heavy atom. The lowest BCUT2D eigenvalue weighted by molar-refractivity contribution is 0.597. The van der Waals surface area contributed by atoms with Crippen LogP contribution in [-0.2, 0) is 9.84 Å². The maximum absolute atomic E-state index is 11.6. The molecule has 0 aliphatic carbocycles. The molecule has 0 radical (unpaired) electrons. The minimum absolute atomic E-state index is 0.161. The lowest BCUT2D eigenvalue weighted by Crippen LogP contribution is -2.04. The first kappa shape index (κ1) is 11.2. The summed E-state index contributed by atoms with van der Waals surface area (Å²) in [6.07, 6.45) is 0. The second kappa shape index (κ2) is 4.13.